The van der Waals surface area contributed by atoms with Crippen LogP contribution < -0.4 is 4.90 Å². The number of nitrogens with zero attached hydrogens (tertiary/aromatic N) is 4. The molecule has 0 radical (unpaired) electrons. The van der Waals surface area contributed by atoms with Crippen LogP contribution in [0.2, 0.25) is 0 Å². The van der Waals surface area contributed by atoms with Crippen molar-refractivity contribution in [3.05, 3.63) is 53.2 Å². The predicted molar refractivity (Wildman–Crippen MR) is 88.5 cm³/mol. The molecule has 4 rings (SSSR count). The molecule has 1 aliphatic carbocycles. The summed E-state index contributed by atoms with van der Waals surface area (Å²) in [7, 11) is 0. The molecule has 0 unspecified atom stereocenters. The van der Waals surface area contributed by atoms with Gasteiger partial charge in [-0.2, -0.15) is 5.10 Å². The molecule has 7 heteroatoms. The van der Waals surface area contributed by atoms with E-state index in [9.17, 15) is 13.6 Å². The fraction of sp³-hybridized carbons (Fsp3) is 0.389. The zero-order valence-electron chi connectivity index (χ0n) is 13.7. The molecular formula is C18H18F2N4O. The molecule has 1 aromatic carbocycles. The zero-order chi connectivity index (χ0) is 17.4. The van der Waals surface area contributed by atoms with Gasteiger partial charge in [-0.1, -0.05) is 0 Å². The number of piperazine rings is 1. The number of benzene rings is 1. The van der Waals surface area contributed by atoms with Crippen molar-refractivity contribution in [1.82, 2.24) is 15.1 Å². The lowest BCUT2D eigenvalue weighted by Gasteiger charge is -2.35. The third-order valence-electron chi connectivity index (χ3n) is 4.72. The number of halogens is 2. The molecule has 2 aliphatic rings. The van der Waals surface area contributed by atoms with E-state index in [4.69, 9.17) is 0 Å². The van der Waals surface area contributed by atoms with Gasteiger partial charge in [-0.15, -0.1) is 5.10 Å². The molecule has 1 aromatic heterocycles. The van der Waals surface area contributed by atoms with Gasteiger partial charge in [-0.05, 0) is 37.1 Å². The highest BCUT2D eigenvalue weighted by molar-refractivity contribution is 5.94. The molecule has 2 heterocycles. The minimum Gasteiger partial charge on any atom is -0.352 e. The first-order valence-corrected chi connectivity index (χ1v) is 8.45. The Hall–Kier alpha value is -2.57. The standard InChI is InChI=1S/C18H18F2N4O/c19-13-3-4-14(15(20)11-13)18(25)24-9-7-23(8-10-24)17-6-5-16(21-22-17)12-1-2-12/h3-6,11-12H,1-2,7-10H2. The highest BCUT2D eigenvalue weighted by Gasteiger charge is 2.27. The first-order chi connectivity index (χ1) is 12.1. The van der Waals surface area contributed by atoms with Gasteiger partial charge in [0, 0.05) is 38.2 Å². The average Bonchev–Trinajstić information content (AvgIpc) is 3.47. The molecule has 1 saturated heterocycles. The van der Waals surface area contributed by atoms with Gasteiger partial charge in [-0.25, -0.2) is 8.78 Å². The van der Waals surface area contributed by atoms with Gasteiger partial charge in [0.15, 0.2) is 5.82 Å². The van der Waals surface area contributed by atoms with E-state index in [1.807, 2.05) is 12.1 Å². The van der Waals surface area contributed by atoms with E-state index in [1.54, 1.807) is 4.90 Å². The number of carbonyl (C=O) groups excluding carboxylic acids is 1. The van der Waals surface area contributed by atoms with Crippen molar-refractivity contribution >= 4 is 11.7 Å². The van der Waals surface area contributed by atoms with Gasteiger partial charge in [0.25, 0.3) is 5.91 Å². The molecule has 5 nitrogen and oxygen atoms in total. The van der Waals surface area contributed by atoms with E-state index in [0.29, 0.717) is 32.1 Å². The second kappa shape index (κ2) is 6.38. The summed E-state index contributed by atoms with van der Waals surface area (Å²) in [5, 5.41) is 8.57. The van der Waals surface area contributed by atoms with E-state index in [-0.39, 0.29) is 5.56 Å². The van der Waals surface area contributed by atoms with Crippen LogP contribution in [0.3, 0.4) is 0 Å². The number of aromatic nitrogens is 2. The Bertz CT molecular complexity index is 784. The molecule has 2 aromatic rings. The highest BCUT2D eigenvalue weighted by Crippen LogP contribution is 2.38. The van der Waals surface area contributed by atoms with E-state index in [2.05, 4.69) is 15.1 Å². The van der Waals surface area contributed by atoms with Crippen molar-refractivity contribution in [3.63, 3.8) is 0 Å². The molecule has 130 valence electrons. The van der Waals surface area contributed by atoms with Crippen LogP contribution in [0.15, 0.2) is 30.3 Å². The summed E-state index contributed by atoms with van der Waals surface area (Å²) in [6.07, 6.45) is 2.38. The molecule has 25 heavy (non-hydrogen) atoms. The molecule has 1 aliphatic heterocycles. The summed E-state index contributed by atoms with van der Waals surface area (Å²) in [4.78, 5) is 16.1. The molecule has 0 atom stereocenters. The average molecular weight is 344 g/mol. The van der Waals surface area contributed by atoms with Crippen LogP contribution in [-0.2, 0) is 0 Å². The van der Waals surface area contributed by atoms with E-state index in [0.717, 1.165) is 23.6 Å². The Labute approximate surface area is 144 Å². The van der Waals surface area contributed by atoms with Crippen molar-refractivity contribution < 1.29 is 13.6 Å². The lowest BCUT2D eigenvalue weighted by molar-refractivity contribution is 0.0741. The number of amides is 1. The van der Waals surface area contributed by atoms with Crippen molar-refractivity contribution in [2.24, 2.45) is 0 Å². The molecule has 2 fully saturated rings. The van der Waals surface area contributed by atoms with Crippen molar-refractivity contribution in [2.75, 3.05) is 31.1 Å². The van der Waals surface area contributed by atoms with Gasteiger partial charge < -0.3 is 9.80 Å². The Morgan fingerprint density at radius 1 is 1.00 bits per heavy atom. The summed E-state index contributed by atoms with van der Waals surface area (Å²) in [5.74, 6) is -0.556. The largest absolute Gasteiger partial charge is 0.352 e. The maximum absolute atomic E-state index is 13.8. The quantitative estimate of drug-likeness (QED) is 0.859. The van der Waals surface area contributed by atoms with Crippen LogP contribution in [0.1, 0.15) is 34.8 Å². The maximum atomic E-state index is 13.8. The Morgan fingerprint density at radius 2 is 1.76 bits per heavy atom. The van der Waals surface area contributed by atoms with Gasteiger partial charge in [0.05, 0.1) is 11.3 Å². The minimum absolute atomic E-state index is 0.0940. The lowest BCUT2D eigenvalue weighted by atomic mass is 10.1. The van der Waals surface area contributed by atoms with E-state index < -0.39 is 17.5 Å². The van der Waals surface area contributed by atoms with Crippen LogP contribution in [0, 0.1) is 11.6 Å². The summed E-state index contributed by atoms with van der Waals surface area (Å²) in [6, 6.07) is 7.02. The van der Waals surface area contributed by atoms with Crippen LogP contribution >= 0.6 is 0 Å². The molecule has 0 N–H and O–H groups in total. The zero-order valence-corrected chi connectivity index (χ0v) is 13.7. The van der Waals surface area contributed by atoms with Gasteiger partial charge in [-0.3, -0.25) is 4.79 Å². The number of rotatable bonds is 3. The van der Waals surface area contributed by atoms with E-state index in [1.165, 1.54) is 18.9 Å². The Morgan fingerprint density at radius 3 is 2.36 bits per heavy atom. The highest BCUT2D eigenvalue weighted by atomic mass is 19.1. The van der Waals surface area contributed by atoms with Crippen LogP contribution in [0.25, 0.3) is 0 Å². The summed E-state index contributed by atoms with van der Waals surface area (Å²) in [6.45, 7) is 2.13. The summed E-state index contributed by atoms with van der Waals surface area (Å²) < 4.78 is 26.8. The molecule has 1 amide bonds. The predicted octanol–water partition coefficient (Wildman–Crippen LogP) is 2.59. The fourth-order valence-corrected chi connectivity index (χ4v) is 3.07. The minimum atomic E-state index is -0.825. The van der Waals surface area contributed by atoms with Gasteiger partial charge >= 0.3 is 0 Å². The van der Waals surface area contributed by atoms with Crippen molar-refractivity contribution in [3.8, 4) is 0 Å². The summed E-state index contributed by atoms with van der Waals surface area (Å²) >= 11 is 0. The number of hydrogen-bond acceptors (Lipinski definition) is 4. The number of hydrogen-bond donors (Lipinski definition) is 0. The first-order valence-electron chi connectivity index (χ1n) is 8.45. The van der Waals surface area contributed by atoms with Crippen LogP contribution in [0.5, 0.6) is 0 Å². The van der Waals surface area contributed by atoms with Gasteiger partial charge in [0.2, 0.25) is 0 Å². The smallest absolute Gasteiger partial charge is 0.256 e. The molecular weight excluding hydrogens is 326 g/mol. The third kappa shape index (κ3) is 3.31. The van der Waals surface area contributed by atoms with E-state index >= 15 is 0 Å². The third-order valence-corrected chi connectivity index (χ3v) is 4.72. The lowest BCUT2D eigenvalue weighted by Crippen LogP contribution is -2.49. The second-order valence-corrected chi connectivity index (χ2v) is 6.49. The topological polar surface area (TPSA) is 49.3 Å². The molecule has 0 bridgehead atoms. The maximum Gasteiger partial charge on any atom is 0.256 e. The second-order valence-electron chi connectivity index (χ2n) is 6.49. The first kappa shape index (κ1) is 15.9. The summed E-state index contributed by atoms with van der Waals surface area (Å²) in [5.41, 5.74) is 0.952. The van der Waals surface area contributed by atoms with Crippen molar-refractivity contribution in [1.29, 1.82) is 0 Å². The van der Waals surface area contributed by atoms with Crippen molar-refractivity contribution in [2.45, 2.75) is 18.8 Å². The normalized spacial score (nSPS) is 17.7. The number of anilines is 1. The SMILES string of the molecule is O=C(c1ccc(F)cc1F)N1CCN(c2ccc(C3CC3)nn2)CC1. The molecule has 0 spiro atoms. The monoisotopic (exact) mass is 344 g/mol. The fourth-order valence-electron chi connectivity index (χ4n) is 3.07. The van der Waals surface area contributed by atoms with Crippen LogP contribution in [0.4, 0.5) is 14.6 Å². The molecule has 1 saturated carbocycles. The van der Waals surface area contributed by atoms with Gasteiger partial charge in [0.1, 0.15) is 11.6 Å². The Balaban J connectivity index is 1.39. The number of carbonyl (C=O) groups is 1. The Kier molecular flexibility index (Phi) is 4.07. The van der Waals surface area contributed by atoms with Crippen LogP contribution in [-0.4, -0.2) is 47.2 Å².